The summed E-state index contributed by atoms with van der Waals surface area (Å²) in [5.74, 6) is -5.29. The minimum absolute atomic E-state index is 0.0897. The molecule has 0 aliphatic rings. The van der Waals surface area contributed by atoms with Crippen LogP contribution in [0.25, 0.3) is 0 Å². The molecule has 0 heterocycles. The molecule has 11 nitrogen and oxygen atoms in total. The Morgan fingerprint density at radius 3 is 1.53 bits per heavy atom. The van der Waals surface area contributed by atoms with Crippen LogP contribution < -0.4 is 0 Å². The zero-order valence-electron chi connectivity index (χ0n) is 17.4. The molecule has 0 fully saturated rings. The van der Waals surface area contributed by atoms with Crippen molar-refractivity contribution in [3.63, 3.8) is 0 Å². The van der Waals surface area contributed by atoms with E-state index >= 15 is 0 Å². The molecule has 0 aliphatic heterocycles. The van der Waals surface area contributed by atoms with Gasteiger partial charge >= 0.3 is 29.8 Å². The third kappa shape index (κ3) is 16.4. The third-order valence-electron chi connectivity index (χ3n) is 4.12. The first-order valence-corrected chi connectivity index (χ1v) is 9.97. The highest BCUT2D eigenvalue weighted by atomic mass is 16.6. The molecule has 0 atom stereocenters. The minimum Gasteiger partial charge on any atom is -0.480 e. The Hall–Kier alpha value is -2.53. The first-order chi connectivity index (χ1) is 14.1. The van der Waals surface area contributed by atoms with Gasteiger partial charge in [-0.2, -0.15) is 0 Å². The number of ether oxygens (including phenoxy) is 1. The zero-order chi connectivity index (χ0) is 22.9. The van der Waals surface area contributed by atoms with Gasteiger partial charge in [0.25, 0.3) is 0 Å². The van der Waals surface area contributed by atoms with Crippen LogP contribution in [0.5, 0.6) is 0 Å². The summed E-state index contributed by atoms with van der Waals surface area (Å²) >= 11 is 0. The molecule has 30 heavy (non-hydrogen) atoms. The average molecular weight is 432 g/mol. The molecule has 0 aliphatic carbocycles. The maximum atomic E-state index is 11.9. The lowest BCUT2D eigenvalue weighted by Crippen LogP contribution is -2.43. The molecule has 11 heteroatoms. The summed E-state index contributed by atoms with van der Waals surface area (Å²) in [6.45, 7) is -0.203. The number of carboxylic acids is 3. The second-order valence-electron chi connectivity index (χ2n) is 6.97. The van der Waals surface area contributed by atoms with Crippen LogP contribution in [0.4, 0.5) is 0 Å². The van der Waals surface area contributed by atoms with E-state index in [1.807, 2.05) is 0 Å². The van der Waals surface area contributed by atoms with Gasteiger partial charge in [0.2, 0.25) is 0 Å². The zero-order valence-corrected chi connectivity index (χ0v) is 17.4. The normalized spacial score (nSPS) is 10.9. The Labute approximate surface area is 175 Å². The van der Waals surface area contributed by atoms with E-state index in [0.29, 0.717) is 6.42 Å². The van der Waals surface area contributed by atoms with E-state index in [1.165, 1.54) is 0 Å². The Bertz CT molecular complexity index is 564. The molecular weight excluding hydrogens is 400 g/mol. The Kier molecular flexibility index (Phi) is 14.9. The van der Waals surface area contributed by atoms with E-state index in [0.717, 1.165) is 41.9 Å². The van der Waals surface area contributed by atoms with E-state index in [9.17, 15) is 24.0 Å². The summed E-state index contributed by atoms with van der Waals surface area (Å²) < 4.78 is 4.71. The Morgan fingerprint density at radius 2 is 1.07 bits per heavy atom. The topological polar surface area (TPSA) is 162 Å². The predicted octanol–water partition coefficient (Wildman–Crippen LogP) is 0.665. The smallest absolute Gasteiger partial charge is 0.327 e. The number of nitrogens with zero attached hydrogens (tertiary/aromatic N) is 2. The van der Waals surface area contributed by atoms with Crippen molar-refractivity contribution in [2.24, 2.45) is 0 Å². The average Bonchev–Trinajstić information content (AvgIpc) is 2.60. The van der Waals surface area contributed by atoms with E-state index in [2.05, 4.69) is 6.92 Å². The van der Waals surface area contributed by atoms with Gasteiger partial charge in [-0.3, -0.25) is 33.8 Å². The maximum absolute atomic E-state index is 11.9. The second kappa shape index (κ2) is 16.3. The van der Waals surface area contributed by atoms with Crippen molar-refractivity contribution in [1.29, 1.82) is 0 Å². The quantitative estimate of drug-likeness (QED) is 0.158. The lowest BCUT2D eigenvalue weighted by Gasteiger charge is -2.23. The van der Waals surface area contributed by atoms with E-state index < -0.39 is 56.0 Å². The fourth-order valence-corrected chi connectivity index (χ4v) is 2.73. The fourth-order valence-electron chi connectivity index (χ4n) is 2.73. The van der Waals surface area contributed by atoms with Crippen LogP contribution in [0.1, 0.15) is 51.9 Å². The fraction of sp³-hybridized carbons (Fsp3) is 0.737. The molecule has 172 valence electrons. The number of carboxylic acid groups (broad SMARTS) is 3. The minimum atomic E-state index is -1.24. The molecule has 0 aromatic heterocycles. The highest BCUT2D eigenvalue weighted by Crippen LogP contribution is 2.07. The standard InChI is InChI=1S/C19H32N2O9/c1-2-3-4-5-6-7-8-18(28)30-19(29)14-21(13-17(26)27)10-9-20(11-15(22)23)12-16(24)25/h2-14H2,1H3,(H,22,23)(H,24,25)(H,26,27). The number of aliphatic carboxylic acids is 3. The summed E-state index contributed by atoms with van der Waals surface area (Å²) in [5, 5.41) is 26.6. The van der Waals surface area contributed by atoms with Crippen molar-refractivity contribution < 1.29 is 44.0 Å². The Morgan fingerprint density at radius 1 is 0.633 bits per heavy atom. The van der Waals surface area contributed by atoms with Crippen LogP contribution >= 0.6 is 0 Å². The lowest BCUT2D eigenvalue weighted by molar-refractivity contribution is -0.161. The van der Waals surface area contributed by atoms with Gasteiger partial charge in [0.05, 0.1) is 26.2 Å². The van der Waals surface area contributed by atoms with Crippen LogP contribution in [0.3, 0.4) is 0 Å². The maximum Gasteiger partial charge on any atom is 0.327 e. The molecule has 0 aromatic carbocycles. The number of rotatable bonds is 18. The molecule has 0 unspecified atom stereocenters. The first kappa shape index (κ1) is 27.5. The van der Waals surface area contributed by atoms with E-state index in [-0.39, 0.29) is 19.5 Å². The number of hydrogen-bond donors (Lipinski definition) is 3. The molecular formula is C19H32N2O9. The van der Waals surface area contributed by atoms with Gasteiger partial charge in [-0.05, 0) is 6.42 Å². The summed E-state index contributed by atoms with van der Waals surface area (Å²) in [5.41, 5.74) is 0. The third-order valence-corrected chi connectivity index (χ3v) is 4.12. The van der Waals surface area contributed by atoms with Gasteiger partial charge in [-0.15, -0.1) is 0 Å². The lowest BCUT2D eigenvalue weighted by atomic mass is 10.1. The van der Waals surface area contributed by atoms with Gasteiger partial charge in [0.1, 0.15) is 0 Å². The number of carbonyl (C=O) groups excluding carboxylic acids is 2. The highest BCUT2D eigenvalue weighted by molar-refractivity contribution is 5.86. The van der Waals surface area contributed by atoms with Crippen molar-refractivity contribution in [3.8, 4) is 0 Å². The van der Waals surface area contributed by atoms with Gasteiger partial charge in [-0.25, -0.2) is 0 Å². The molecule has 3 N–H and O–H groups in total. The van der Waals surface area contributed by atoms with Gasteiger partial charge in [0, 0.05) is 19.5 Å². The van der Waals surface area contributed by atoms with Crippen LogP contribution in [0, 0.1) is 0 Å². The van der Waals surface area contributed by atoms with Gasteiger partial charge < -0.3 is 20.1 Å². The summed E-state index contributed by atoms with van der Waals surface area (Å²) in [7, 11) is 0. The molecule has 0 bridgehead atoms. The summed E-state index contributed by atoms with van der Waals surface area (Å²) in [6, 6.07) is 0. The summed E-state index contributed by atoms with van der Waals surface area (Å²) in [4.78, 5) is 58.6. The highest BCUT2D eigenvalue weighted by Gasteiger charge is 2.20. The molecule has 0 spiro atoms. The molecule has 0 rings (SSSR count). The predicted molar refractivity (Wildman–Crippen MR) is 105 cm³/mol. The monoisotopic (exact) mass is 432 g/mol. The SMILES string of the molecule is CCCCCCCCC(=O)OC(=O)CN(CCN(CC(=O)O)CC(=O)O)CC(=O)O. The first-order valence-electron chi connectivity index (χ1n) is 9.97. The molecule has 0 saturated carbocycles. The molecule has 0 saturated heterocycles. The van der Waals surface area contributed by atoms with E-state index in [4.69, 9.17) is 20.1 Å². The summed E-state index contributed by atoms with van der Waals surface area (Å²) in [6.07, 6.45) is 5.92. The van der Waals surface area contributed by atoms with Gasteiger partial charge in [-0.1, -0.05) is 39.0 Å². The van der Waals surface area contributed by atoms with Crippen molar-refractivity contribution in [3.05, 3.63) is 0 Å². The molecule has 0 radical (unpaired) electrons. The number of carbonyl (C=O) groups is 5. The van der Waals surface area contributed by atoms with Crippen molar-refractivity contribution in [2.75, 3.05) is 39.3 Å². The van der Waals surface area contributed by atoms with Crippen LogP contribution in [0.2, 0.25) is 0 Å². The number of esters is 2. The van der Waals surface area contributed by atoms with Crippen LogP contribution in [-0.2, 0) is 28.7 Å². The molecule has 0 amide bonds. The second-order valence-corrected chi connectivity index (χ2v) is 6.97. The van der Waals surface area contributed by atoms with E-state index in [1.54, 1.807) is 0 Å². The van der Waals surface area contributed by atoms with Crippen molar-refractivity contribution in [1.82, 2.24) is 9.80 Å². The van der Waals surface area contributed by atoms with Crippen molar-refractivity contribution >= 4 is 29.8 Å². The largest absolute Gasteiger partial charge is 0.480 e. The van der Waals surface area contributed by atoms with Crippen molar-refractivity contribution in [2.45, 2.75) is 51.9 Å². The van der Waals surface area contributed by atoms with Crippen LogP contribution in [0.15, 0.2) is 0 Å². The molecule has 0 aromatic rings. The Balaban J connectivity index is 4.49. The van der Waals surface area contributed by atoms with Crippen LogP contribution in [-0.4, -0.2) is 94.2 Å². The number of hydrogen-bond acceptors (Lipinski definition) is 8. The van der Waals surface area contributed by atoms with Gasteiger partial charge in [0.15, 0.2) is 0 Å². The number of unbranched alkanes of at least 4 members (excludes halogenated alkanes) is 5.